The maximum atomic E-state index is 14.7. The second kappa shape index (κ2) is 7.26. The fourth-order valence-electron chi connectivity index (χ4n) is 2.02. The monoisotopic (exact) mass is 366 g/mol. The van der Waals surface area contributed by atoms with Crippen LogP contribution >= 0.6 is 30.2 Å². The molecule has 0 amide bonds. The van der Waals surface area contributed by atoms with Crippen molar-refractivity contribution in [3.05, 3.63) is 0 Å². The molecule has 0 rings (SSSR count). The lowest BCUT2D eigenvalue weighted by Crippen LogP contribution is -2.63. The first-order chi connectivity index (χ1) is 9.14. The highest BCUT2D eigenvalue weighted by atomic mass is 32.2. The molecule has 0 aromatic rings. The van der Waals surface area contributed by atoms with Gasteiger partial charge >= 0.3 is 0 Å². The van der Waals surface area contributed by atoms with E-state index >= 15 is 0 Å². The van der Waals surface area contributed by atoms with Crippen LogP contribution in [0.3, 0.4) is 0 Å². The zero-order valence-electron chi connectivity index (χ0n) is 13.0. The van der Waals surface area contributed by atoms with Crippen LogP contribution in [0.15, 0.2) is 0 Å². The number of hydrogen-bond donors (Lipinski definition) is 0. The molecule has 0 saturated carbocycles. The molecule has 0 aliphatic heterocycles. The summed E-state index contributed by atoms with van der Waals surface area (Å²) >= 11 is 1.46. The van der Waals surface area contributed by atoms with E-state index in [1.54, 1.807) is 18.5 Å². The highest BCUT2D eigenvalue weighted by molar-refractivity contribution is 7.98. The van der Waals surface area contributed by atoms with Gasteiger partial charge in [0.05, 0.1) is 5.06 Å². The van der Waals surface area contributed by atoms with E-state index in [4.69, 9.17) is 0 Å². The molecule has 0 saturated heterocycles. The van der Waals surface area contributed by atoms with Crippen LogP contribution < -0.4 is 0 Å². The van der Waals surface area contributed by atoms with Crippen molar-refractivity contribution < 1.29 is 22.0 Å². The summed E-state index contributed by atoms with van der Waals surface area (Å²) in [5.41, 5.74) is -2.96. The third-order valence-corrected chi connectivity index (χ3v) is 6.01. The molecule has 0 fully saturated rings. The highest BCUT2D eigenvalue weighted by Crippen LogP contribution is 2.53. The molecule has 0 aromatic heterocycles. The van der Waals surface area contributed by atoms with Gasteiger partial charge in [0.15, 0.2) is 11.1 Å². The lowest BCUT2D eigenvalue weighted by molar-refractivity contribution is -0.148. The summed E-state index contributed by atoms with van der Waals surface area (Å²) in [6.45, 7) is 1.34. The summed E-state index contributed by atoms with van der Waals surface area (Å²) in [6.07, 6.45) is -0.392. The summed E-state index contributed by atoms with van der Waals surface area (Å²) in [5.74, 6) is -4.24. The van der Waals surface area contributed by atoms with Crippen molar-refractivity contribution in [1.82, 2.24) is 0 Å². The molecule has 0 heterocycles. The van der Waals surface area contributed by atoms with Gasteiger partial charge in [0.1, 0.15) is 21.9 Å². The highest BCUT2D eigenvalue weighted by Gasteiger charge is 2.65. The van der Waals surface area contributed by atoms with Crippen LogP contribution in [0.1, 0.15) is 20.3 Å². The molecule has 6 atom stereocenters. The molecule has 10 heteroatoms. The Bertz CT molecular complexity index is 350. The van der Waals surface area contributed by atoms with E-state index in [2.05, 4.69) is 0 Å². The molecule has 0 spiro atoms. The minimum Gasteiger partial charge on any atom is -0.243 e. The molecular weight excluding hydrogens is 343 g/mol. The van der Waals surface area contributed by atoms with E-state index in [0.717, 1.165) is 7.85 Å². The van der Waals surface area contributed by atoms with E-state index in [1.807, 2.05) is 6.26 Å². The first kappa shape index (κ1) is 22.0. The molecule has 6 unspecified atom stereocenters. The second-order valence-electron chi connectivity index (χ2n) is 6.20. The van der Waals surface area contributed by atoms with Crippen LogP contribution in [0.2, 0.25) is 5.82 Å². The molecule has 0 nitrogen and oxygen atoms in total. The minimum absolute atomic E-state index is 0.340. The maximum Gasteiger partial charge on any atom is 0.285 e. The molecule has 0 radical (unpaired) electrons. The van der Waals surface area contributed by atoms with E-state index in [0.29, 0.717) is 26.0 Å². The Morgan fingerprint density at radius 1 is 1.14 bits per heavy atom. The Morgan fingerprint density at radius 2 is 1.57 bits per heavy atom. The lowest BCUT2D eigenvalue weighted by atomic mass is 9.66. The van der Waals surface area contributed by atoms with Gasteiger partial charge in [-0.2, -0.15) is 11.8 Å². The standard InChI is InChI=1S/C11H23B2F5P2S/c1-8(2,15)11(17,18)10(13,20)7(14)9(16,19)6(12)4-5-21-3/h6-7H,4-5,12-13,19-20H2,1-3H3. The van der Waals surface area contributed by atoms with Crippen molar-refractivity contribution in [2.75, 3.05) is 12.0 Å². The van der Waals surface area contributed by atoms with Gasteiger partial charge in [0.25, 0.3) is 5.92 Å². The van der Waals surface area contributed by atoms with Crippen LogP contribution in [-0.2, 0) is 0 Å². The number of hydrogen-bond acceptors (Lipinski definition) is 1. The van der Waals surface area contributed by atoms with Gasteiger partial charge in [-0.3, -0.25) is 0 Å². The number of alkyl halides is 5. The van der Waals surface area contributed by atoms with Crippen LogP contribution in [-0.4, -0.2) is 55.9 Å². The number of rotatable bonds is 8. The van der Waals surface area contributed by atoms with Gasteiger partial charge in [-0.15, -0.1) is 9.24 Å². The van der Waals surface area contributed by atoms with Crippen LogP contribution in [0.5, 0.6) is 0 Å². The topological polar surface area (TPSA) is 0 Å². The van der Waals surface area contributed by atoms with Crippen molar-refractivity contribution in [2.45, 2.75) is 54.3 Å². The first-order valence-electron chi connectivity index (χ1n) is 6.60. The van der Waals surface area contributed by atoms with Crippen molar-refractivity contribution in [1.29, 1.82) is 0 Å². The van der Waals surface area contributed by atoms with E-state index in [9.17, 15) is 22.0 Å². The van der Waals surface area contributed by atoms with Crippen LogP contribution in [0, 0.1) is 0 Å². The van der Waals surface area contributed by atoms with E-state index in [-0.39, 0.29) is 0 Å². The molecular formula is C11H23B2F5P2S. The summed E-state index contributed by atoms with van der Waals surface area (Å²) in [6, 6.07) is 0. The predicted octanol–water partition coefficient (Wildman–Crippen LogP) is 2.63. The fraction of sp³-hybridized carbons (Fsp3) is 1.00. The Labute approximate surface area is 134 Å². The van der Waals surface area contributed by atoms with Crippen molar-refractivity contribution in [3.63, 3.8) is 0 Å². The fourth-order valence-corrected chi connectivity index (χ4v) is 3.92. The third-order valence-electron chi connectivity index (χ3n) is 3.85. The van der Waals surface area contributed by atoms with Crippen molar-refractivity contribution in [2.24, 2.45) is 0 Å². The Hall–Kier alpha value is 0.990. The summed E-state index contributed by atoms with van der Waals surface area (Å²) in [7, 11) is 5.63. The van der Waals surface area contributed by atoms with Crippen molar-refractivity contribution >= 4 is 45.9 Å². The zero-order valence-corrected chi connectivity index (χ0v) is 16.1. The molecule has 0 aromatic carbocycles. The van der Waals surface area contributed by atoms with Gasteiger partial charge in [0, 0.05) is 0 Å². The number of thioether (sulfide) groups is 1. The summed E-state index contributed by atoms with van der Waals surface area (Å²) in [5, 5.41) is -5.11. The molecule has 0 N–H and O–H groups in total. The maximum absolute atomic E-state index is 14.7. The number of halogens is 5. The quantitative estimate of drug-likeness (QED) is 0.362. The SMILES string of the molecule is BC(CCSC)C(F)(P)C(F)C(B)(P)C(F)(F)C(C)(C)F. The predicted molar refractivity (Wildman–Crippen MR) is 94.9 cm³/mol. The summed E-state index contributed by atoms with van der Waals surface area (Å²) < 4.78 is 71.4. The Kier molecular flexibility index (Phi) is 7.60. The largest absolute Gasteiger partial charge is 0.285 e. The van der Waals surface area contributed by atoms with Gasteiger partial charge < -0.3 is 0 Å². The van der Waals surface area contributed by atoms with Crippen molar-refractivity contribution in [3.8, 4) is 0 Å². The van der Waals surface area contributed by atoms with Gasteiger partial charge in [-0.05, 0) is 38.1 Å². The van der Waals surface area contributed by atoms with Gasteiger partial charge in [-0.25, -0.2) is 22.0 Å². The smallest absolute Gasteiger partial charge is 0.243 e. The van der Waals surface area contributed by atoms with E-state index in [1.165, 1.54) is 19.6 Å². The zero-order chi connectivity index (χ0) is 17.3. The lowest BCUT2D eigenvalue weighted by Gasteiger charge is -2.46. The normalized spacial score (nSPS) is 22.2. The molecule has 0 aliphatic rings. The van der Waals surface area contributed by atoms with Crippen LogP contribution in [0.25, 0.3) is 0 Å². The van der Waals surface area contributed by atoms with Gasteiger partial charge in [0.2, 0.25) is 0 Å². The molecule has 0 bridgehead atoms. The molecule has 21 heavy (non-hydrogen) atoms. The Balaban J connectivity index is 5.42. The minimum atomic E-state index is -4.04. The summed E-state index contributed by atoms with van der Waals surface area (Å²) in [4.78, 5) is 0. The molecule has 0 aliphatic carbocycles. The van der Waals surface area contributed by atoms with E-state index < -0.39 is 34.0 Å². The second-order valence-corrected chi connectivity index (χ2v) is 9.27. The van der Waals surface area contributed by atoms with Crippen LogP contribution in [0.4, 0.5) is 22.0 Å². The Morgan fingerprint density at radius 3 is 1.90 bits per heavy atom. The van der Waals surface area contributed by atoms with Gasteiger partial charge in [-0.1, -0.05) is 9.24 Å². The average Bonchev–Trinajstić information content (AvgIpc) is 2.32. The average molecular weight is 366 g/mol. The first-order valence-corrected chi connectivity index (χ1v) is 9.15. The molecule has 124 valence electrons. The third kappa shape index (κ3) is 4.51.